The molecule has 0 aliphatic carbocycles. The summed E-state index contributed by atoms with van der Waals surface area (Å²) < 4.78 is 27.5. The van der Waals surface area contributed by atoms with Gasteiger partial charge in [0, 0.05) is 12.1 Å². The summed E-state index contributed by atoms with van der Waals surface area (Å²) in [7, 11) is -4.03. The number of hydrogen-bond acceptors (Lipinski definition) is 5. The van der Waals surface area contributed by atoms with E-state index in [9.17, 15) is 18.5 Å². The highest BCUT2D eigenvalue weighted by Crippen LogP contribution is 2.25. The third kappa shape index (κ3) is 4.67. The van der Waals surface area contributed by atoms with Crippen LogP contribution in [0.3, 0.4) is 0 Å². The van der Waals surface area contributed by atoms with E-state index in [1.807, 2.05) is 26.0 Å². The van der Waals surface area contributed by atoms with E-state index >= 15 is 0 Å². The van der Waals surface area contributed by atoms with E-state index < -0.39 is 14.9 Å². The standard InChI is InChI=1S/C21H19N3O4S/c1-16-3-7-18(8-4-16)22-15-23(19-9-5-17(2)6-10-19)29(27,28)21-13-11-20(12-14-21)24(25)26/h3-15H,1-2H3. The zero-order chi connectivity index (χ0) is 21.0. The van der Waals surface area contributed by atoms with Crippen LogP contribution in [-0.2, 0) is 10.0 Å². The Balaban J connectivity index is 2.04. The van der Waals surface area contributed by atoms with Gasteiger partial charge in [-0.15, -0.1) is 0 Å². The summed E-state index contributed by atoms with van der Waals surface area (Å²) in [5.41, 5.74) is 2.88. The lowest BCUT2D eigenvalue weighted by Gasteiger charge is -2.20. The molecule has 0 atom stereocenters. The third-order valence-corrected chi connectivity index (χ3v) is 5.93. The van der Waals surface area contributed by atoms with Crippen molar-refractivity contribution < 1.29 is 13.3 Å². The number of rotatable bonds is 6. The van der Waals surface area contributed by atoms with Gasteiger partial charge in [0.25, 0.3) is 15.7 Å². The Hall–Kier alpha value is -3.52. The summed E-state index contributed by atoms with van der Waals surface area (Å²) in [6, 6.07) is 19.1. The normalized spacial score (nSPS) is 11.5. The van der Waals surface area contributed by atoms with Gasteiger partial charge >= 0.3 is 0 Å². The molecule has 0 aliphatic rings. The molecule has 3 aromatic rings. The number of nitro groups is 1. The highest BCUT2D eigenvalue weighted by atomic mass is 32.2. The molecule has 3 rings (SSSR count). The summed E-state index contributed by atoms with van der Waals surface area (Å²) >= 11 is 0. The van der Waals surface area contributed by atoms with Crippen LogP contribution in [0, 0.1) is 24.0 Å². The zero-order valence-corrected chi connectivity index (χ0v) is 16.7. The second-order valence-electron chi connectivity index (χ2n) is 6.47. The molecule has 8 heteroatoms. The number of non-ortho nitro benzene ring substituents is 1. The maximum Gasteiger partial charge on any atom is 0.269 e. The van der Waals surface area contributed by atoms with Crippen molar-refractivity contribution in [3.05, 3.63) is 94.0 Å². The summed E-state index contributed by atoms with van der Waals surface area (Å²) in [6.07, 6.45) is 1.24. The first-order valence-electron chi connectivity index (χ1n) is 8.74. The number of benzene rings is 3. The molecule has 0 amide bonds. The van der Waals surface area contributed by atoms with E-state index in [4.69, 9.17) is 0 Å². The molecule has 0 spiro atoms. The average molecular weight is 409 g/mol. The first-order chi connectivity index (χ1) is 13.8. The van der Waals surface area contributed by atoms with Gasteiger partial charge in [0.1, 0.15) is 6.34 Å². The fourth-order valence-corrected chi connectivity index (χ4v) is 3.84. The molecular formula is C21H19N3O4S. The Labute approximate surface area is 169 Å². The van der Waals surface area contributed by atoms with Crippen molar-refractivity contribution in [1.29, 1.82) is 0 Å². The predicted octanol–water partition coefficient (Wildman–Crippen LogP) is 4.77. The maximum absolute atomic E-state index is 13.2. The van der Waals surface area contributed by atoms with Gasteiger partial charge in [-0.3, -0.25) is 10.1 Å². The van der Waals surface area contributed by atoms with E-state index in [1.54, 1.807) is 36.4 Å². The van der Waals surface area contributed by atoms with Crippen LogP contribution in [0.5, 0.6) is 0 Å². The molecule has 148 valence electrons. The first kappa shape index (κ1) is 20.2. The second kappa shape index (κ2) is 8.24. The fourth-order valence-electron chi connectivity index (χ4n) is 2.56. The van der Waals surface area contributed by atoms with Crippen LogP contribution >= 0.6 is 0 Å². The first-order valence-corrected chi connectivity index (χ1v) is 10.2. The molecule has 0 aliphatic heterocycles. The monoisotopic (exact) mass is 409 g/mol. The molecule has 0 N–H and O–H groups in total. The summed E-state index contributed by atoms with van der Waals surface area (Å²) in [6.45, 7) is 3.85. The number of aliphatic imine (C=N–C) groups is 1. The molecular weight excluding hydrogens is 390 g/mol. The summed E-state index contributed by atoms with van der Waals surface area (Å²) in [5.74, 6) is 0. The number of sulfonamides is 1. The van der Waals surface area contributed by atoms with Crippen molar-refractivity contribution >= 4 is 33.4 Å². The van der Waals surface area contributed by atoms with Crippen molar-refractivity contribution in [1.82, 2.24) is 0 Å². The van der Waals surface area contributed by atoms with Gasteiger partial charge in [0.15, 0.2) is 0 Å². The van der Waals surface area contributed by atoms with Crippen LogP contribution in [0.25, 0.3) is 0 Å². The predicted molar refractivity (Wildman–Crippen MR) is 113 cm³/mol. The zero-order valence-electron chi connectivity index (χ0n) is 15.9. The van der Waals surface area contributed by atoms with Crippen molar-refractivity contribution in [3.8, 4) is 0 Å². The minimum atomic E-state index is -4.03. The van der Waals surface area contributed by atoms with Gasteiger partial charge in [-0.05, 0) is 50.2 Å². The summed E-state index contributed by atoms with van der Waals surface area (Å²) in [5, 5.41) is 10.9. The largest absolute Gasteiger partial charge is 0.269 e. The minimum absolute atomic E-state index is 0.0703. The van der Waals surface area contributed by atoms with E-state index in [1.165, 1.54) is 18.5 Å². The van der Waals surface area contributed by atoms with Crippen molar-refractivity contribution in [2.75, 3.05) is 4.31 Å². The highest BCUT2D eigenvalue weighted by molar-refractivity contribution is 7.93. The van der Waals surface area contributed by atoms with E-state index in [-0.39, 0.29) is 10.6 Å². The molecule has 0 radical (unpaired) electrons. The Bertz CT molecular complexity index is 1140. The van der Waals surface area contributed by atoms with E-state index in [0.29, 0.717) is 11.4 Å². The molecule has 29 heavy (non-hydrogen) atoms. The van der Waals surface area contributed by atoms with Gasteiger partial charge in [-0.25, -0.2) is 17.7 Å². The molecule has 0 aromatic heterocycles. The van der Waals surface area contributed by atoms with Crippen LogP contribution in [0.2, 0.25) is 0 Å². The van der Waals surface area contributed by atoms with Gasteiger partial charge < -0.3 is 0 Å². The van der Waals surface area contributed by atoms with Crippen LogP contribution in [0.4, 0.5) is 17.1 Å². The molecule has 0 unspecified atom stereocenters. The van der Waals surface area contributed by atoms with Gasteiger partial charge in [0.2, 0.25) is 0 Å². The van der Waals surface area contributed by atoms with E-state index in [2.05, 4.69) is 4.99 Å². The Morgan fingerprint density at radius 2 is 1.38 bits per heavy atom. The van der Waals surface area contributed by atoms with E-state index in [0.717, 1.165) is 27.6 Å². The topological polar surface area (TPSA) is 92.9 Å². The SMILES string of the molecule is Cc1ccc(N=CN(c2ccc(C)cc2)S(=O)(=O)c2ccc([N+](=O)[O-])cc2)cc1. The molecule has 7 nitrogen and oxygen atoms in total. The molecule has 0 saturated heterocycles. The number of anilines is 1. The number of hydrogen-bond donors (Lipinski definition) is 0. The lowest BCUT2D eigenvalue weighted by Crippen LogP contribution is -2.29. The minimum Gasteiger partial charge on any atom is -0.258 e. The van der Waals surface area contributed by atoms with Gasteiger partial charge in [-0.2, -0.15) is 0 Å². The Kier molecular flexibility index (Phi) is 5.74. The van der Waals surface area contributed by atoms with Gasteiger partial charge in [-0.1, -0.05) is 35.4 Å². The Morgan fingerprint density at radius 3 is 1.90 bits per heavy atom. The number of aryl methyl sites for hydroxylation is 2. The third-order valence-electron chi connectivity index (χ3n) is 4.24. The smallest absolute Gasteiger partial charge is 0.258 e. The van der Waals surface area contributed by atoms with Crippen molar-refractivity contribution in [3.63, 3.8) is 0 Å². The average Bonchev–Trinajstić information content (AvgIpc) is 2.71. The lowest BCUT2D eigenvalue weighted by atomic mass is 10.2. The van der Waals surface area contributed by atoms with Crippen LogP contribution in [0.15, 0.2) is 82.7 Å². The molecule has 0 heterocycles. The van der Waals surface area contributed by atoms with Crippen LogP contribution in [-0.4, -0.2) is 19.7 Å². The Morgan fingerprint density at radius 1 is 0.862 bits per heavy atom. The maximum atomic E-state index is 13.2. The summed E-state index contributed by atoms with van der Waals surface area (Å²) in [4.78, 5) is 14.5. The molecule has 0 bridgehead atoms. The van der Waals surface area contributed by atoms with Crippen LogP contribution in [0.1, 0.15) is 11.1 Å². The highest BCUT2D eigenvalue weighted by Gasteiger charge is 2.24. The molecule has 0 fully saturated rings. The van der Waals surface area contributed by atoms with Crippen LogP contribution < -0.4 is 4.31 Å². The van der Waals surface area contributed by atoms with Gasteiger partial charge in [0.05, 0.1) is 21.2 Å². The lowest BCUT2D eigenvalue weighted by molar-refractivity contribution is -0.384. The molecule has 3 aromatic carbocycles. The fraction of sp³-hybridized carbons (Fsp3) is 0.0952. The quantitative estimate of drug-likeness (QED) is 0.254. The number of nitrogens with zero attached hydrogens (tertiary/aromatic N) is 3. The number of nitro benzene ring substituents is 1. The van der Waals surface area contributed by atoms with Crippen molar-refractivity contribution in [2.24, 2.45) is 4.99 Å². The second-order valence-corrected chi connectivity index (χ2v) is 8.28. The van der Waals surface area contributed by atoms with Crippen molar-refractivity contribution in [2.45, 2.75) is 18.7 Å². The molecule has 0 saturated carbocycles.